The van der Waals surface area contributed by atoms with Gasteiger partial charge in [-0.15, -0.1) is 0 Å². The molecule has 280 valence electrons. The molecular formula is C54H43N3O. The van der Waals surface area contributed by atoms with Crippen LogP contribution in [0.2, 0.25) is 0 Å². The lowest BCUT2D eigenvalue weighted by Gasteiger charge is -2.40. The third-order valence-electron chi connectivity index (χ3n) is 13.4. The van der Waals surface area contributed by atoms with Crippen molar-refractivity contribution in [3.8, 4) is 67.5 Å². The molecule has 2 aliphatic rings. The van der Waals surface area contributed by atoms with Crippen molar-refractivity contribution in [3.63, 3.8) is 0 Å². The summed E-state index contributed by atoms with van der Waals surface area (Å²) in [6, 6.07) is 54.2. The molecule has 0 N–H and O–H groups in total. The Morgan fingerprint density at radius 3 is 1.67 bits per heavy atom. The van der Waals surface area contributed by atoms with Gasteiger partial charge >= 0.3 is 0 Å². The summed E-state index contributed by atoms with van der Waals surface area (Å²) in [5, 5.41) is 2.14. The van der Waals surface area contributed by atoms with E-state index in [2.05, 4.69) is 187 Å². The van der Waals surface area contributed by atoms with Crippen molar-refractivity contribution >= 4 is 21.9 Å². The average Bonchev–Trinajstić information content (AvgIpc) is 3.82. The lowest BCUT2D eigenvalue weighted by atomic mass is 9.62. The molecule has 9 aromatic rings. The molecule has 2 aliphatic carbocycles. The Hall–Kier alpha value is -6.65. The number of nitrogens with zero attached hydrogens (tertiary/aromatic N) is 3. The highest BCUT2D eigenvalue weighted by Gasteiger charge is 2.47. The second-order valence-corrected chi connectivity index (χ2v) is 17.8. The first-order chi connectivity index (χ1) is 28.0. The zero-order valence-electron chi connectivity index (χ0n) is 33.7. The molecule has 0 saturated heterocycles. The Morgan fingerprint density at radius 1 is 0.397 bits per heavy atom. The molecule has 0 amide bonds. The van der Waals surface area contributed by atoms with Crippen LogP contribution in [0.3, 0.4) is 0 Å². The molecule has 4 nitrogen and oxygen atoms in total. The zero-order chi connectivity index (χ0) is 39.6. The predicted molar refractivity (Wildman–Crippen MR) is 238 cm³/mol. The standard InChI is InChI=1S/C54H43N3O/c1-52(2,3)54(6)44-22-13-11-20-38(44)40-30-42-41-28-35(24-26-47(41)58-48(42)31-46(40)54)50-55-49(34-18-14-17-33(27-34)32-15-8-7-9-16-32)56-51(57-50)36-23-25-39-37-19-10-12-21-43(37)53(4,5)45(39)29-36/h7-31H,1-6H3. The van der Waals surface area contributed by atoms with Gasteiger partial charge in [0.05, 0.1) is 0 Å². The Bertz CT molecular complexity index is 3150. The smallest absolute Gasteiger partial charge is 0.164 e. The minimum atomic E-state index is -0.164. The van der Waals surface area contributed by atoms with Gasteiger partial charge in [0, 0.05) is 38.3 Å². The number of aromatic nitrogens is 3. The molecule has 0 spiro atoms. The van der Waals surface area contributed by atoms with Crippen molar-refractivity contribution in [1.82, 2.24) is 15.0 Å². The van der Waals surface area contributed by atoms with Crippen LogP contribution in [0.4, 0.5) is 0 Å². The lowest BCUT2D eigenvalue weighted by Crippen LogP contribution is -2.36. The first kappa shape index (κ1) is 34.6. The second kappa shape index (κ2) is 12.2. The minimum absolute atomic E-state index is 0.00546. The van der Waals surface area contributed by atoms with E-state index in [1.54, 1.807) is 0 Å². The maximum atomic E-state index is 6.65. The Labute approximate surface area is 339 Å². The van der Waals surface area contributed by atoms with Gasteiger partial charge in [0.25, 0.3) is 0 Å². The van der Waals surface area contributed by atoms with E-state index in [1.807, 2.05) is 6.07 Å². The SMILES string of the molecule is CC1(C)c2ccccc2-c2ccc(-c3nc(-c4cccc(-c5ccccc5)c4)nc(-c4ccc5oc6cc7c(cc6c5c4)-c4ccccc4C7(C)C(C)(C)C)n3)cc21. The van der Waals surface area contributed by atoms with Crippen LogP contribution in [0.1, 0.15) is 63.8 Å². The van der Waals surface area contributed by atoms with Crippen molar-refractivity contribution in [2.45, 2.75) is 52.4 Å². The maximum Gasteiger partial charge on any atom is 0.164 e. The molecule has 0 aliphatic heterocycles. The summed E-state index contributed by atoms with van der Waals surface area (Å²) in [5.41, 5.74) is 16.9. The molecule has 1 unspecified atom stereocenters. The number of benzene rings is 7. The number of hydrogen-bond acceptors (Lipinski definition) is 4. The highest BCUT2D eigenvalue weighted by molar-refractivity contribution is 6.09. The van der Waals surface area contributed by atoms with E-state index in [1.165, 1.54) is 44.5 Å². The number of rotatable bonds is 4. The van der Waals surface area contributed by atoms with Crippen molar-refractivity contribution in [2.75, 3.05) is 0 Å². The van der Waals surface area contributed by atoms with Crippen molar-refractivity contribution in [3.05, 3.63) is 174 Å². The van der Waals surface area contributed by atoms with E-state index >= 15 is 0 Å². The molecule has 2 aromatic heterocycles. The van der Waals surface area contributed by atoms with Crippen LogP contribution in [-0.2, 0) is 10.8 Å². The Kier molecular flexibility index (Phi) is 7.26. The molecule has 0 radical (unpaired) electrons. The Morgan fingerprint density at radius 2 is 0.948 bits per heavy atom. The molecule has 0 saturated carbocycles. The number of furan rings is 1. The molecule has 0 bridgehead atoms. The van der Waals surface area contributed by atoms with E-state index in [4.69, 9.17) is 19.4 Å². The molecule has 0 fully saturated rings. The highest BCUT2D eigenvalue weighted by atomic mass is 16.3. The predicted octanol–water partition coefficient (Wildman–Crippen LogP) is 14.1. The summed E-state index contributed by atoms with van der Waals surface area (Å²) in [7, 11) is 0. The summed E-state index contributed by atoms with van der Waals surface area (Å²) < 4.78 is 6.65. The summed E-state index contributed by atoms with van der Waals surface area (Å²) in [5.74, 6) is 1.90. The molecular weight excluding hydrogens is 707 g/mol. The van der Waals surface area contributed by atoms with Gasteiger partial charge in [-0.3, -0.25) is 0 Å². The molecule has 1 atom stereocenters. The van der Waals surface area contributed by atoms with Gasteiger partial charge in [-0.2, -0.15) is 0 Å². The van der Waals surface area contributed by atoms with Gasteiger partial charge in [0.15, 0.2) is 17.5 Å². The summed E-state index contributed by atoms with van der Waals surface area (Å²) in [4.78, 5) is 15.7. The summed E-state index contributed by atoms with van der Waals surface area (Å²) in [6.45, 7) is 14.0. The van der Waals surface area contributed by atoms with Crippen LogP contribution in [-0.4, -0.2) is 15.0 Å². The second-order valence-electron chi connectivity index (χ2n) is 17.8. The molecule has 11 rings (SSSR count). The summed E-state index contributed by atoms with van der Waals surface area (Å²) >= 11 is 0. The normalized spacial score (nSPS) is 16.3. The Balaban J connectivity index is 1.09. The monoisotopic (exact) mass is 749 g/mol. The molecule has 2 heterocycles. The van der Waals surface area contributed by atoms with E-state index in [9.17, 15) is 0 Å². The van der Waals surface area contributed by atoms with Crippen LogP contribution >= 0.6 is 0 Å². The van der Waals surface area contributed by atoms with Gasteiger partial charge in [-0.1, -0.05) is 151 Å². The van der Waals surface area contributed by atoms with Gasteiger partial charge in [-0.05, 0) is 104 Å². The van der Waals surface area contributed by atoms with Gasteiger partial charge in [0.2, 0.25) is 0 Å². The lowest BCUT2D eigenvalue weighted by molar-refractivity contribution is 0.255. The largest absolute Gasteiger partial charge is 0.456 e. The third kappa shape index (κ3) is 4.97. The number of hydrogen-bond donors (Lipinski definition) is 0. The molecule has 7 aromatic carbocycles. The van der Waals surface area contributed by atoms with Crippen LogP contribution in [0.5, 0.6) is 0 Å². The van der Waals surface area contributed by atoms with Crippen LogP contribution in [0.15, 0.2) is 156 Å². The summed E-state index contributed by atoms with van der Waals surface area (Å²) in [6.07, 6.45) is 0. The van der Waals surface area contributed by atoms with E-state index in [-0.39, 0.29) is 16.2 Å². The fourth-order valence-corrected chi connectivity index (χ4v) is 9.78. The average molecular weight is 750 g/mol. The van der Waals surface area contributed by atoms with E-state index in [0.29, 0.717) is 17.5 Å². The van der Waals surface area contributed by atoms with Gasteiger partial charge in [-0.25, -0.2) is 15.0 Å². The van der Waals surface area contributed by atoms with Gasteiger partial charge < -0.3 is 4.42 Å². The fourth-order valence-electron chi connectivity index (χ4n) is 9.78. The van der Waals surface area contributed by atoms with Crippen LogP contribution in [0, 0.1) is 5.41 Å². The van der Waals surface area contributed by atoms with Crippen LogP contribution in [0.25, 0.3) is 89.5 Å². The van der Waals surface area contributed by atoms with Crippen molar-refractivity contribution in [1.29, 1.82) is 0 Å². The topological polar surface area (TPSA) is 51.8 Å². The molecule has 4 heteroatoms. The van der Waals surface area contributed by atoms with E-state index < -0.39 is 0 Å². The van der Waals surface area contributed by atoms with Crippen LogP contribution < -0.4 is 0 Å². The third-order valence-corrected chi connectivity index (χ3v) is 13.4. The quantitative estimate of drug-likeness (QED) is 0.180. The van der Waals surface area contributed by atoms with Crippen molar-refractivity contribution in [2.24, 2.45) is 5.41 Å². The maximum absolute atomic E-state index is 6.65. The first-order valence-electron chi connectivity index (χ1n) is 20.3. The first-order valence-corrected chi connectivity index (χ1v) is 20.3. The number of fused-ring (bicyclic) bond motifs is 9. The van der Waals surface area contributed by atoms with Crippen molar-refractivity contribution < 1.29 is 4.42 Å². The minimum Gasteiger partial charge on any atom is -0.456 e. The zero-order valence-corrected chi connectivity index (χ0v) is 33.7. The van der Waals surface area contributed by atoms with E-state index in [0.717, 1.165) is 49.8 Å². The highest BCUT2D eigenvalue weighted by Crippen LogP contribution is 2.58. The molecule has 58 heavy (non-hydrogen) atoms. The van der Waals surface area contributed by atoms with Gasteiger partial charge in [0.1, 0.15) is 11.2 Å². The fraction of sp³-hybridized carbons (Fsp3) is 0.167.